The lowest BCUT2D eigenvalue weighted by Gasteiger charge is -2.30. The van der Waals surface area contributed by atoms with Crippen molar-refractivity contribution in [2.24, 2.45) is 0 Å². The summed E-state index contributed by atoms with van der Waals surface area (Å²) in [6, 6.07) is 0. The third kappa shape index (κ3) is 15.0. The van der Waals surface area contributed by atoms with Crippen molar-refractivity contribution in [3.63, 3.8) is 0 Å². The van der Waals surface area contributed by atoms with Gasteiger partial charge in [0.2, 0.25) is 5.91 Å². The standard InChI is InChI=1S/C24H39NO13/c1-16(27)25-20-14-21(36-18(3)29)23(37-19(4)30)22(15-35-17(2)28)38-24(20)34-13-12-33-11-10-32-9-8-31-7-5-6-26/h14,21-24,26H,5-13,15H2,1-4H3,(H,25,27)/t21-,22-,23-,24-/m1/s1. The van der Waals surface area contributed by atoms with Gasteiger partial charge >= 0.3 is 17.9 Å². The molecule has 1 heterocycles. The number of carbonyl (C=O) groups excluding carboxylic acids is 4. The summed E-state index contributed by atoms with van der Waals surface area (Å²) in [6.07, 6.45) is -2.75. The van der Waals surface area contributed by atoms with Crippen LogP contribution in [0.3, 0.4) is 0 Å². The topological polar surface area (TPSA) is 174 Å². The molecule has 0 aliphatic carbocycles. The van der Waals surface area contributed by atoms with Crippen molar-refractivity contribution in [1.82, 2.24) is 5.32 Å². The summed E-state index contributed by atoms with van der Waals surface area (Å²) in [5.74, 6) is -2.43. The van der Waals surface area contributed by atoms with Crippen molar-refractivity contribution < 1.29 is 62.2 Å². The van der Waals surface area contributed by atoms with Gasteiger partial charge < -0.3 is 48.3 Å². The Morgan fingerprint density at radius 1 is 0.842 bits per heavy atom. The van der Waals surface area contributed by atoms with Crippen molar-refractivity contribution in [2.45, 2.75) is 58.7 Å². The largest absolute Gasteiger partial charge is 0.463 e. The summed E-state index contributed by atoms with van der Waals surface area (Å²) >= 11 is 0. The summed E-state index contributed by atoms with van der Waals surface area (Å²) in [5.41, 5.74) is 0.107. The van der Waals surface area contributed by atoms with E-state index in [-0.39, 0.29) is 38.7 Å². The van der Waals surface area contributed by atoms with Crippen LogP contribution in [0.1, 0.15) is 34.1 Å². The number of aliphatic hydroxyl groups excluding tert-OH is 1. The highest BCUT2D eigenvalue weighted by molar-refractivity contribution is 5.75. The van der Waals surface area contributed by atoms with Gasteiger partial charge in [0.15, 0.2) is 18.5 Å². The number of nitrogens with one attached hydrogen (secondary N) is 1. The number of esters is 3. The number of ether oxygens (including phenoxy) is 8. The van der Waals surface area contributed by atoms with E-state index < -0.39 is 48.4 Å². The van der Waals surface area contributed by atoms with Crippen molar-refractivity contribution in [3.8, 4) is 0 Å². The highest BCUT2D eigenvalue weighted by atomic mass is 16.7. The minimum atomic E-state index is -1.20. The van der Waals surface area contributed by atoms with Gasteiger partial charge in [-0.3, -0.25) is 19.2 Å². The van der Waals surface area contributed by atoms with Crippen LogP contribution in [0.4, 0.5) is 0 Å². The van der Waals surface area contributed by atoms with Gasteiger partial charge in [-0.25, -0.2) is 0 Å². The predicted octanol–water partition coefficient (Wildman–Crippen LogP) is -0.393. The van der Waals surface area contributed by atoms with Crippen LogP contribution >= 0.6 is 0 Å². The Kier molecular flexibility index (Phi) is 17.1. The van der Waals surface area contributed by atoms with Crippen molar-refractivity contribution in [3.05, 3.63) is 11.8 Å². The van der Waals surface area contributed by atoms with E-state index in [0.717, 1.165) is 6.92 Å². The van der Waals surface area contributed by atoms with Crippen LogP contribution in [-0.4, -0.2) is 113 Å². The maximum Gasteiger partial charge on any atom is 0.303 e. The smallest absolute Gasteiger partial charge is 0.303 e. The van der Waals surface area contributed by atoms with E-state index >= 15 is 0 Å². The van der Waals surface area contributed by atoms with Gasteiger partial charge in [0.25, 0.3) is 0 Å². The Balaban J connectivity index is 2.79. The first-order valence-corrected chi connectivity index (χ1v) is 12.2. The fourth-order valence-electron chi connectivity index (χ4n) is 3.19. The molecular weight excluding hydrogens is 510 g/mol. The molecule has 0 saturated carbocycles. The Hall–Kier alpha value is -2.62. The fraction of sp³-hybridized carbons (Fsp3) is 0.750. The zero-order valence-corrected chi connectivity index (χ0v) is 22.3. The van der Waals surface area contributed by atoms with Crippen LogP contribution in [0, 0.1) is 0 Å². The molecule has 0 aromatic heterocycles. The molecule has 0 aromatic rings. The van der Waals surface area contributed by atoms with E-state index in [1.54, 1.807) is 0 Å². The second kappa shape index (κ2) is 19.4. The highest BCUT2D eigenvalue weighted by Gasteiger charge is 2.41. The number of amides is 1. The van der Waals surface area contributed by atoms with Crippen molar-refractivity contribution in [1.29, 1.82) is 0 Å². The maximum atomic E-state index is 11.8. The van der Waals surface area contributed by atoms with Gasteiger partial charge in [-0.2, -0.15) is 0 Å². The minimum absolute atomic E-state index is 0.0304. The molecule has 0 aromatic carbocycles. The van der Waals surface area contributed by atoms with E-state index in [1.807, 2.05) is 0 Å². The molecule has 0 radical (unpaired) electrons. The normalized spacial score (nSPS) is 21.1. The lowest BCUT2D eigenvalue weighted by atomic mass is 10.1. The molecule has 0 bridgehead atoms. The van der Waals surface area contributed by atoms with Crippen LogP contribution in [0.15, 0.2) is 11.8 Å². The van der Waals surface area contributed by atoms with Gasteiger partial charge in [0.05, 0.1) is 45.3 Å². The third-order valence-electron chi connectivity index (χ3n) is 4.65. The fourth-order valence-corrected chi connectivity index (χ4v) is 3.19. The van der Waals surface area contributed by atoms with Crippen LogP contribution in [-0.2, 0) is 57.1 Å². The molecule has 0 saturated heterocycles. The molecule has 0 spiro atoms. The Bertz CT molecular complexity index is 772. The number of rotatable bonds is 18. The van der Waals surface area contributed by atoms with Crippen LogP contribution in [0.25, 0.3) is 0 Å². The Morgan fingerprint density at radius 2 is 1.42 bits per heavy atom. The quantitative estimate of drug-likeness (QED) is 0.129. The zero-order valence-electron chi connectivity index (χ0n) is 22.3. The first-order chi connectivity index (χ1) is 18.1. The van der Waals surface area contributed by atoms with E-state index in [1.165, 1.54) is 26.8 Å². The molecular formula is C24H39NO13. The van der Waals surface area contributed by atoms with E-state index in [2.05, 4.69) is 5.32 Å². The Morgan fingerprint density at radius 3 is 1.95 bits per heavy atom. The minimum Gasteiger partial charge on any atom is -0.463 e. The number of hydrogen-bond acceptors (Lipinski definition) is 13. The van der Waals surface area contributed by atoms with Crippen LogP contribution < -0.4 is 5.32 Å². The average Bonchev–Trinajstić information content (AvgIpc) is 2.94. The lowest BCUT2D eigenvalue weighted by molar-refractivity contribution is -0.210. The summed E-state index contributed by atoms with van der Waals surface area (Å²) < 4.78 is 43.5. The third-order valence-corrected chi connectivity index (χ3v) is 4.65. The lowest BCUT2D eigenvalue weighted by Crippen LogP contribution is -2.46. The van der Waals surface area contributed by atoms with Gasteiger partial charge in [-0.15, -0.1) is 0 Å². The molecule has 0 fully saturated rings. The predicted molar refractivity (Wildman–Crippen MR) is 128 cm³/mol. The molecule has 1 aliphatic rings. The molecule has 0 unspecified atom stereocenters. The van der Waals surface area contributed by atoms with Crippen LogP contribution in [0.2, 0.25) is 0 Å². The van der Waals surface area contributed by atoms with Gasteiger partial charge in [0.1, 0.15) is 12.7 Å². The first-order valence-electron chi connectivity index (χ1n) is 12.2. The monoisotopic (exact) mass is 549 g/mol. The first kappa shape index (κ1) is 33.4. The molecule has 38 heavy (non-hydrogen) atoms. The number of hydrogen-bond donors (Lipinski definition) is 2. The summed E-state index contributed by atoms with van der Waals surface area (Å²) in [7, 11) is 0. The van der Waals surface area contributed by atoms with E-state index in [4.69, 9.17) is 43.0 Å². The Labute approximate surface area is 221 Å². The summed E-state index contributed by atoms with van der Waals surface area (Å²) in [6.45, 7) is 6.61. The van der Waals surface area contributed by atoms with Gasteiger partial charge in [-0.1, -0.05) is 0 Å². The number of aliphatic hydroxyl groups is 1. The van der Waals surface area contributed by atoms with E-state index in [0.29, 0.717) is 32.8 Å². The van der Waals surface area contributed by atoms with Crippen molar-refractivity contribution in [2.75, 3.05) is 59.5 Å². The van der Waals surface area contributed by atoms with E-state index in [9.17, 15) is 19.2 Å². The second-order valence-electron chi connectivity index (χ2n) is 8.05. The molecule has 1 amide bonds. The summed E-state index contributed by atoms with van der Waals surface area (Å²) in [4.78, 5) is 46.8. The molecule has 14 nitrogen and oxygen atoms in total. The molecule has 2 N–H and O–H groups in total. The summed E-state index contributed by atoms with van der Waals surface area (Å²) in [5, 5.41) is 11.3. The molecule has 218 valence electrons. The maximum absolute atomic E-state index is 11.8. The SMILES string of the molecule is CC(=O)NC1=C[C@@H](OC(C)=O)[C@@H](OC(C)=O)[C@@H](COC(C)=O)O[C@H]1OCCOCCOCCOCCCO. The molecule has 1 rings (SSSR count). The number of carbonyl (C=O) groups is 4. The van der Waals surface area contributed by atoms with Gasteiger partial charge in [0, 0.05) is 40.9 Å². The molecule has 14 heteroatoms. The zero-order chi connectivity index (χ0) is 28.3. The van der Waals surface area contributed by atoms with Gasteiger partial charge in [-0.05, 0) is 12.5 Å². The molecule has 4 atom stereocenters. The van der Waals surface area contributed by atoms with Crippen molar-refractivity contribution >= 4 is 23.8 Å². The average molecular weight is 550 g/mol. The second-order valence-corrected chi connectivity index (χ2v) is 8.05. The molecule has 1 aliphatic heterocycles. The van der Waals surface area contributed by atoms with Crippen LogP contribution in [0.5, 0.6) is 0 Å². The highest BCUT2D eigenvalue weighted by Crippen LogP contribution is 2.25.